The number of aryl methyl sites for hydroxylation is 1. The van der Waals surface area contributed by atoms with Crippen molar-refractivity contribution in [2.45, 2.75) is 37.6 Å². The monoisotopic (exact) mass is 308 g/mol. The lowest BCUT2D eigenvalue weighted by molar-refractivity contribution is 0.214. The van der Waals surface area contributed by atoms with Crippen LogP contribution in [0.25, 0.3) is 0 Å². The summed E-state index contributed by atoms with van der Waals surface area (Å²) in [6.45, 7) is 1.28. The van der Waals surface area contributed by atoms with Gasteiger partial charge in [0.05, 0.1) is 6.26 Å². The minimum atomic E-state index is -3.08. The molecule has 21 heavy (non-hydrogen) atoms. The van der Waals surface area contributed by atoms with E-state index in [1.165, 1.54) is 17.4 Å². The summed E-state index contributed by atoms with van der Waals surface area (Å²) in [5, 5.41) is 0. The van der Waals surface area contributed by atoms with Gasteiger partial charge in [-0.3, -0.25) is 0 Å². The van der Waals surface area contributed by atoms with Crippen molar-refractivity contribution in [3.63, 3.8) is 0 Å². The highest BCUT2D eigenvalue weighted by molar-refractivity contribution is 7.88. The molecule has 0 saturated carbocycles. The second kappa shape index (κ2) is 5.38. The molecule has 2 atom stereocenters. The normalized spacial score (nSPS) is 30.3. The van der Waals surface area contributed by atoms with Crippen LogP contribution >= 0.6 is 0 Å². The van der Waals surface area contributed by atoms with E-state index in [1.54, 1.807) is 4.31 Å². The standard InChI is InChI=1S/C16H24N2O2S/c1-21(19,20)18-10-4-5-13(12-18)11-16(17)9-8-14-6-2-3-7-15(14)16/h2-3,6-7,13H,4-5,8-12,17H2,1H3. The zero-order chi connectivity index (χ0) is 15.1. The van der Waals surface area contributed by atoms with E-state index >= 15 is 0 Å². The summed E-state index contributed by atoms with van der Waals surface area (Å²) in [6.07, 6.45) is 6.22. The number of fused-ring (bicyclic) bond motifs is 1. The molecular weight excluding hydrogens is 284 g/mol. The second-order valence-electron chi connectivity index (χ2n) is 6.65. The lowest BCUT2D eigenvalue weighted by atomic mass is 9.81. The summed E-state index contributed by atoms with van der Waals surface area (Å²) < 4.78 is 25.1. The fourth-order valence-corrected chi connectivity index (χ4v) is 4.88. The summed E-state index contributed by atoms with van der Waals surface area (Å²) >= 11 is 0. The van der Waals surface area contributed by atoms with E-state index in [2.05, 4.69) is 24.3 Å². The third-order valence-corrected chi connectivity index (χ3v) is 6.27. The van der Waals surface area contributed by atoms with Crippen LogP contribution in [0.4, 0.5) is 0 Å². The Morgan fingerprint density at radius 3 is 2.90 bits per heavy atom. The topological polar surface area (TPSA) is 63.4 Å². The maximum Gasteiger partial charge on any atom is 0.211 e. The molecule has 1 saturated heterocycles. The van der Waals surface area contributed by atoms with Crippen molar-refractivity contribution in [1.82, 2.24) is 4.31 Å². The molecule has 1 aliphatic carbocycles. The van der Waals surface area contributed by atoms with Crippen molar-refractivity contribution >= 4 is 10.0 Å². The van der Waals surface area contributed by atoms with E-state index in [-0.39, 0.29) is 5.54 Å². The first kappa shape index (κ1) is 15.0. The van der Waals surface area contributed by atoms with Gasteiger partial charge in [-0.05, 0) is 49.1 Å². The number of rotatable bonds is 3. The van der Waals surface area contributed by atoms with E-state index in [0.717, 1.165) is 32.1 Å². The van der Waals surface area contributed by atoms with Crippen LogP contribution < -0.4 is 5.73 Å². The molecule has 2 aliphatic rings. The van der Waals surface area contributed by atoms with Gasteiger partial charge in [0, 0.05) is 18.6 Å². The van der Waals surface area contributed by atoms with Crippen LogP contribution in [-0.4, -0.2) is 32.1 Å². The molecule has 3 rings (SSSR count). The molecule has 1 aliphatic heterocycles. The SMILES string of the molecule is CS(=O)(=O)N1CCCC(CC2(N)CCc3ccccc32)C1. The third-order valence-electron chi connectivity index (χ3n) is 5.00. The third kappa shape index (κ3) is 3.00. The number of nitrogens with zero attached hydrogens (tertiary/aromatic N) is 1. The molecule has 5 heteroatoms. The molecule has 1 heterocycles. The van der Waals surface area contributed by atoms with Gasteiger partial charge < -0.3 is 5.73 Å². The number of piperidine rings is 1. The highest BCUT2D eigenvalue weighted by Gasteiger charge is 2.38. The molecule has 2 unspecified atom stereocenters. The van der Waals surface area contributed by atoms with Crippen molar-refractivity contribution in [1.29, 1.82) is 0 Å². The first-order valence-corrected chi connectivity index (χ1v) is 9.56. The van der Waals surface area contributed by atoms with E-state index in [0.29, 0.717) is 19.0 Å². The minimum absolute atomic E-state index is 0.276. The molecule has 1 aromatic rings. The summed E-state index contributed by atoms with van der Waals surface area (Å²) in [5.74, 6) is 0.365. The lowest BCUT2D eigenvalue weighted by Gasteiger charge is -2.36. The van der Waals surface area contributed by atoms with Crippen LogP contribution in [0.3, 0.4) is 0 Å². The van der Waals surface area contributed by atoms with Gasteiger partial charge in [0.25, 0.3) is 0 Å². The summed E-state index contributed by atoms with van der Waals surface area (Å²) in [6, 6.07) is 8.42. The molecule has 1 fully saturated rings. The average Bonchev–Trinajstić information content (AvgIpc) is 2.76. The second-order valence-corrected chi connectivity index (χ2v) is 8.63. The Hall–Kier alpha value is -0.910. The molecule has 0 bridgehead atoms. The molecule has 0 spiro atoms. The maximum absolute atomic E-state index is 11.7. The van der Waals surface area contributed by atoms with E-state index in [4.69, 9.17) is 5.73 Å². The Kier molecular flexibility index (Phi) is 3.84. The van der Waals surface area contributed by atoms with Gasteiger partial charge in [0.2, 0.25) is 10.0 Å². The Labute approximate surface area is 127 Å². The Morgan fingerprint density at radius 2 is 2.14 bits per heavy atom. The van der Waals surface area contributed by atoms with Gasteiger partial charge in [0.1, 0.15) is 0 Å². The van der Waals surface area contributed by atoms with E-state index < -0.39 is 10.0 Å². The van der Waals surface area contributed by atoms with Gasteiger partial charge in [-0.15, -0.1) is 0 Å². The first-order valence-electron chi connectivity index (χ1n) is 7.71. The fraction of sp³-hybridized carbons (Fsp3) is 0.625. The Bertz CT molecular complexity index is 629. The highest BCUT2D eigenvalue weighted by Crippen LogP contribution is 2.40. The molecule has 2 N–H and O–H groups in total. The largest absolute Gasteiger partial charge is 0.321 e. The zero-order valence-corrected chi connectivity index (χ0v) is 13.4. The van der Waals surface area contributed by atoms with Gasteiger partial charge in [-0.2, -0.15) is 0 Å². The quantitative estimate of drug-likeness (QED) is 0.927. The van der Waals surface area contributed by atoms with Crippen molar-refractivity contribution < 1.29 is 8.42 Å². The van der Waals surface area contributed by atoms with Crippen molar-refractivity contribution in [2.24, 2.45) is 11.7 Å². The summed E-state index contributed by atoms with van der Waals surface area (Å²) in [4.78, 5) is 0. The summed E-state index contributed by atoms with van der Waals surface area (Å²) in [7, 11) is -3.08. The predicted octanol–water partition coefficient (Wildman–Crippen LogP) is 1.85. The minimum Gasteiger partial charge on any atom is -0.321 e. The fourth-order valence-electron chi connectivity index (χ4n) is 3.94. The van der Waals surface area contributed by atoms with Crippen LogP contribution in [0.2, 0.25) is 0 Å². The molecular formula is C16H24N2O2S. The number of hydrogen-bond donors (Lipinski definition) is 1. The molecule has 4 nitrogen and oxygen atoms in total. The van der Waals surface area contributed by atoms with Crippen molar-refractivity contribution in [3.8, 4) is 0 Å². The number of nitrogens with two attached hydrogens (primary N) is 1. The van der Waals surface area contributed by atoms with Crippen LogP contribution in [0, 0.1) is 5.92 Å². The smallest absolute Gasteiger partial charge is 0.211 e. The van der Waals surface area contributed by atoms with Crippen molar-refractivity contribution in [3.05, 3.63) is 35.4 Å². The average molecular weight is 308 g/mol. The van der Waals surface area contributed by atoms with Gasteiger partial charge in [-0.25, -0.2) is 12.7 Å². The van der Waals surface area contributed by atoms with Crippen LogP contribution in [0.1, 0.15) is 36.8 Å². The van der Waals surface area contributed by atoms with Crippen molar-refractivity contribution in [2.75, 3.05) is 19.3 Å². The molecule has 0 aromatic heterocycles. The maximum atomic E-state index is 11.7. The molecule has 1 aromatic carbocycles. The number of benzene rings is 1. The first-order chi connectivity index (χ1) is 9.88. The van der Waals surface area contributed by atoms with Crippen LogP contribution in [0.5, 0.6) is 0 Å². The molecule has 0 radical (unpaired) electrons. The summed E-state index contributed by atoms with van der Waals surface area (Å²) in [5.41, 5.74) is 9.03. The van der Waals surface area contributed by atoms with Gasteiger partial charge in [0.15, 0.2) is 0 Å². The Morgan fingerprint density at radius 1 is 1.38 bits per heavy atom. The van der Waals surface area contributed by atoms with E-state index in [1.807, 2.05) is 0 Å². The van der Waals surface area contributed by atoms with Crippen LogP contribution in [0.15, 0.2) is 24.3 Å². The zero-order valence-electron chi connectivity index (χ0n) is 12.6. The van der Waals surface area contributed by atoms with Gasteiger partial charge >= 0.3 is 0 Å². The number of hydrogen-bond acceptors (Lipinski definition) is 3. The van der Waals surface area contributed by atoms with E-state index in [9.17, 15) is 8.42 Å². The highest BCUT2D eigenvalue weighted by atomic mass is 32.2. The van der Waals surface area contributed by atoms with Gasteiger partial charge in [-0.1, -0.05) is 24.3 Å². The number of sulfonamides is 1. The molecule has 0 amide bonds. The molecule has 116 valence electrons. The predicted molar refractivity (Wildman–Crippen MR) is 84.4 cm³/mol. The van der Waals surface area contributed by atoms with Crippen LogP contribution in [-0.2, 0) is 22.0 Å². The lowest BCUT2D eigenvalue weighted by Crippen LogP contribution is -2.44. The Balaban J connectivity index is 1.75.